The predicted molar refractivity (Wildman–Crippen MR) is 144 cm³/mol. The molecule has 2 aromatic carbocycles. The van der Waals surface area contributed by atoms with Gasteiger partial charge in [0.2, 0.25) is 0 Å². The standard InChI is InChI=1S/C31H35NO7/c33-22(17-16-21-10-4-3-5-11-21)18-19-24-23(27(34)20-28(24)35)12-6-1-2-7-15-29(36)39-32-30(37)25-13-8-9-14-26(25)31(32)38/h1,3-6,8-11,13-14,18-19,22-24,27-28,33-35H,2,7,12,15-17,20H2/t22-,23+,24+,27-,28+/m0/s1. The number of aryl methyl sites for hydroxylation is 1. The van der Waals surface area contributed by atoms with Gasteiger partial charge in [0, 0.05) is 18.8 Å². The first-order chi connectivity index (χ1) is 18.8. The topological polar surface area (TPSA) is 124 Å². The molecule has 1 saturated carbocycles. The van der Waals surface area contributed by atoms with Gasteiger partial charge in [-0.2, -0.15) is 0 Å². The third-order valence-corrected chi connectivity index (χ3v) is 7.32. The lowest BCUT2D eigenvalue weighted by atomic mass is 9.89. The maximum atomic E-state index is 12.3. The summed E-state index contributed by atoms with van der Waals surface area (Å²) in [7, 11) is 0. The summed E-state index contributed by atoms with van der Waals surface area (Å²) >= 11 is 0. The van der Waals surface area contributed by atoms with Crippen molar-refractivity contribution in [2.24, 2.45) is 11.8 Å². The van der Waals surface area contributed by atoms with Crippen LogP contribution in [0, 0.1) is 11.8 Å². The van der Waals surface area contributed by atoms with Gasteiger partial charge in [-0.15, -0.1) is 0 Å². The van der Waals surface area contributed by atoms with Gasteiger partial charge in [0.1, 0.15) is 0 Å². The fourth-order valence-electron chi connectivity index (χ4n) is 5.15. The number of carbonyl (C=O) groups excluding carboxylic acids is 3. The molecular formula is C31H35NO7. The molecule has 39 heavy (non-hydrogen) atoms. The number of hydrogen-bond donors (Lipinski definition) is 3. The first-order valence-electron chi connectivity index (χ1n) is 13.4. The van der Waals surface area contributed by atoms with Crippen molar-refractivity contribution in [3.8, 4) is 0 Å². The molecule has 1 aliphatic heterocycles. The van der Waals surface area contributed by atoms with E-state index in [0.29, 0.717) is 30.7 Å². The van der Waals surface area contributed by atoms with Gasteiger partial charge in [-0.1, -0.05) is 71.8 Å². The molecule has 1 aliphatic carbocycles. The highest BCUT2D eigenvalue weighted by Crippen LogP contribution is 2.36. The van der Waals surface area contributed by atoms with Crippen LogP contribution in [0.15, 0.2) is 78.9 Å². The van der Waals surface area contributed by atoms with Gasteiger partial charge < -0.3 is 20.2 Å². The van der Waals surface area contributed by atoms with Crippen molar-refractivity contribution in [3.05, 3.63) is 95.6 Å². The van der Waals surface area contributed by atoms with Gasteiger partial charge >= 0.3 is 5.97 Å². The average molecular weight is 534 g/mol. The smallest absolute Gasteiger partial charge is 0.333 e. The lowest BCUT2D eigenvalue weighted by Gasteiger charge is -2.19. The van der Waals surface area contributed by atoms with Crippen LogP contribution in [0.25, 0.3) is 0 Å². The number of hydroxylamine groups is 2. The quantitative estimate of drug-likeness (QED) is 0.216. The third-order valence-electron chi connectivity index (χ3n) is 7.32. The molecule has 0 aromatic heterocycles. The summed E-state index contributed by atoms with van der Waals surface area (Å²) < 4.78 is 0. The molecule has 2 aromatic rings. The number of benzene rings is 2. The number of nitrogens with zero attached hydrogens (tertiary/aromatic N) is 1. The zero-order chi connectivity index (χ0) is 27.8. The molecule has 206 valence electrons. The molecule has 2 aliphatic rings. The Morgan fingerprint density at radius 2 is 1.64 bits per heavy atom. The van der Waals surface area contributed by atoms with Crippen LogP contribution >= 0.6 is 0 Å². The number of amides is 2. The Hall–Kier alpha value is -3.59. The summed E-state index contributed by atoms with van der Waals surface area (Å²) in [6.07, 6.45) is 8.65. The van der Waals surface area contributed by atoms with E-state index in [-0.39, 0.29) is 35.8 Å². The van der Waals surface area contributed by atoms with Crippen LogP contribution < -0.4 is 0 Å². The van der Waals surface area contributed by atoms with E-state index < -0.39 is 36.1 Å². The molecule has 0 unspecified atom stereocenters. The molecule has 8 nitrogen and oxygen atoms in total. The van der Waals surface area contributed by atoms with E-state index >= 15 is 0 Å². The van der Waals surface area contributed by atoms with Crippen LogP contribution in [0.4, 0.5) is 0 Å². The minimum Gasteiger partial charge on any atom is -0.393 e. The van der Waals surface area contributed by atoms with Crippen LogP contribution in [0.2, 0.25) is 0 Å². The summed E-state index contributed by atoms with van der Waals surface area (Å²) in [5, 5.41) is 31.8. The number of imide groups is 1. The number of hydrogen-bond acceptors (Lipinski definition) is 7. The van der Waals surface area contributed by atoms with E-state index in [9.17, 15) is 29.7 Å². The Morgan fingerprint density at radius 3 is 2.33 bits per heavy atom. The Morgan fingerprint density at radius 1 is 0.974 bits per heavy atom. The van der Waals surface area contributed by atoms with E-state index in [1.165, 1.54) is 12.1 Å². The van der Waals surface area contributed by atoms with Crippen molar-refractivity contribution in [3.63, 3.8) is 0 Å². The number of allylic oxidation sites excluding steroid dienone is 2. The third kappa shape index (κ3) is 7.29. The average Bonchev–Trinajstić information content (AvgIpc) is 3.35. The second kappa shape index (κ2) is 13.5. The predicted octanol–water partition coefficient (Wildman–Crippen LogP) is 3.77. The van der Waals surface area contributed by atoms with Crippen LogP contribution in [-0.2, 0) is 16.1 Å². The fraction of sp³-hybridized carbons (Fsp3) is 0.387. The largest absolute Gasteiger partial charge is 0.393 e. The first-order valence-corrected chi connectivity index (χ1v) is 13.4. The summed E-state index contributed by atoms with van der Waals surface area (Å²) in [6.45, 7) is 0. The first kappa shape index (κ1) is 28.4. The van der Waals surface area contributed by atoms with Crippen LogP contribution in [0.5, 0.6) is 0 Å². The van der Waals surface area contributed by atoms with Crippen molar-refractivity contribution >= 4 is 17.8 Å². The summed E-state index contributed by atoms with van der Waals surface area (Å²) in [5.41, 5.74) is 1.58. The van der Waals surface area contributed by atoms with Crippen molar-refractivity contribution in [2.45, 2.75) is 63.3 Å². The zero-order valence-corrected chi connectivity index (χ0v) is 21.8. The number of carbonyl (C=O) groups is 3. The molecule has 3 N–H and O–H groups in total. The molecule has 0 spiro atoms. The molecular weight excluding hydrogens is 498 g/mol. The Bertz CT molecular complexity index is 1170. The van der Waals surface area contributed by atoms with E-state index in [1.54, 1.807) is 18.2 Å². The van der Waals surface area contributed by atoms with E-state index in [0.717, 1.165) is 12.0 Å². The lowest BCUT2D eigenvalue weighted by molar-refractivity contribution is -0.168. The Balaban J connectivity index is 1.18. The van der Waals surface area contributed by atoms with E-state index in [4.69, 9.17) is 4.84 Å². The fourth-order valence-corrected chi connectivity index (χ4v) is 5.15. The highest BCUT2D eigenvalue weighted by atomic mass is 16.7. The number of aliphatic hydroxyl groups excluding tert-OH is 3. The van der Waals surface area contributed by atoms with Gasteiger partial charge in [-0.25, -0.2) is 4.79 Å². The molecule has 1 fully saturated rings. The molecule has 0 saturated heterocycles. The molecule has 5 atom stereocenters. The minimum absolute atomic E-state index is 0.0365. The van der Waals surface area contributed by atoms with E-state index in [1.807, 2.05) is 48.6 Å². The maximum absolute atomic E-state index is 12.3. The summed E-state index contributed by atoms with van der Waals surface area (Å²) in [6, 6.07) is 16.2. The van der Waals surface area contributed by atoms with Crippen LogP contribution in [0.3, 0.4) is 0 Å². The Labute approximate surface area is 228 Å². The minimum atomic E-state index is -0.673. The molecule has 0 radical (unpaired) electrons. The molecule has 8 heteroatoms. The van der Waals surface area contributed by atoms with Crippen LogP contribution in [-0.4, -0.2) is 56.5 Å². The Kier molecular flexibility index (Phi) is 9.81. The number of aliphatic hydroxyl groups is 3. The van der Waals surface area contributed by atoms with Crippen molar-refractivity contribution in [1.82, 2.24) is 5.06 Å². The van der Waals surface area contributed by atoms with Gasteiger partial charge in [-0.3, -0.25) is 9.59 Å². The van der Waals surface area contributed by atoms with Gasteiger partial charge in [0.25, 0.3) is 11.8 Å². The summed E-state index contributed by atoms with van der Waals surface area (Å²) in [5.74, 6) is -2.39. The number of unbranched alkanes of at least 4 members (excludes halogenated alkanes) is 1. The molecule has 4 rings (SSSR count). The van der Waals surface area contributed by atoms with E-state index in [2.05, 4.69) is 0 Å². The molecule has 0 bridgehead atoms. The second-order valence-corrected chi connectivity index (χ2v) is 10.1. The van der Waals surface area contributed by atoms with Gasteiger partial charge in [0.15, 0.2) is 0 Å². The normalized spacial score (nSPS) is 23.6. The highest BCUT2D eigenvalue weighted by Gasteiger charge is 2.40. The molecule has 1 heterocycles. The van der Waals surface area contributed by atoms with Crippen molar-refractivity contribution in [2.75, 3.05) is 0 Å². The van der Waals surface area contributed by atoms with Gasteiger partial charge in [-0.05, 0) is 55.7 Å². The van der Waals surface area contributed by atoms with Crippen LogP contribution in [0.1, 0.15) is 64.8 Å². The zero-order valence-electron chi connectivity index (χ0n) is 21.8. The van der Waals surface area contributed by atoms with Crippen molar-refractivity contribution < 1.29 is 34.5 Å². The SMILES string of the molecule is O=C(CCCC=CC[C@@H]1[C@@H](C=C[C@@H](O)CCc2ccccc2)[C@H](O)C[C@@H]1O)ON1C(=O)c2ccccc2C1=O. The summed E-state index contributed by atoms with van der Waals surface area (Å²) in [4.78, 5) is 41.8. The van der Waals surface area contributed by atoms with Crippen molar-refractivity contribution in [1.29, 1.82) is 0 Å². The number of fused-ring (bicyclic) bond motifs is 1. The second-order valence-electron chi connectivity index (χ2n) is 10.1. The monoisotopic (exact) mass is 533 g/mol. The van der Waals surface area contributed by atoms with Gasteiger partial charge in [0.05, 0.1) is 29.4 Å². The maximum Gasteiger partial charge on any atom is 0.333 e. The molecule has 2 amide bonds. The number of rotatable bonds is 12. The highest BCUT2D eigenvalue weighted by molar-refractivity contribution is 6.20. The lowest BCUT2D eigenvalue weighted by Crippen LogP contribution is -2.32.